The van der Waals surface area contributed by atoms with Crippen LogP contribution < -0.4 is 0 Å². The third-order valence-corrected chi connectivity index (χ3v) is 2.58. The summed E-state index contributed by atoms with van der Waals surface area (Å²) in [5.41, 5.74) is 2.44. The van der Waals surface area contributed by atoms with Gasteiger partial charge in [0.15, 0.2) is 0 Å². The fourth-order valence-corrected chi connectivity index (χ4v) is 1.74. The Morgan fingerprint density at radius 1 is 1.35 bits per heavy atom. The summed E-state index contributed by atoms with van der Waals surface area (Å²) in [7, 11) is 0. The van der Waals surface area contributed by atoms with E-state index in [4.69, 9.17) is 0 Å². The summed E-state index contributed by atoms with van der Waals surface area (Å²) in [6.07, 6.45) is 5.43. The second-order valence-electron chi connectivity index (χ2n) is 4.58. The zero-order chi connectivity index (χ0) is 12.4. The van der Waals surface area contributed by atoms with Gasteiger partial charge in [0, 0.05) is 12.4 Å². The molecule has 17 heavy (non-hydrogen) atoms. The van der Waals surface area contributed by atoms with E-state index in [0.29, 0.717) is 12.2 Å². The van der Waals surface area contributed by atoms with Crippen LogP contribution in [0.25, 0.3) is 0 Å². The first kappa shape index (κ1) is 11.8. The van der Waals surface area contributed by atoms with E-state index in [9.17, 15) is 4.39 Å². The van der Waals surface area contributed by atoms with Crippen molar-refractivity contribution >= 4 is 0 Å². The van der Waals surface area contributed by atoms with Crippen LogP contribution in [0.15, 0.2) is 24.7 Å². The van der Waals surface area contributed by atoms with Crippen LogP contribution in [0, 0.1) is 12.7 Å². The minimum Gasteiger partial charge on any atom is -0.268 e. The number of nitrogens with zero attached hydrogens (tertiary/aromatic N) is 3. The van der Waals surface area contributed by atoms with Crippen molar-refractivity contribution in [3.8, 4) is 0 Å². The largest absolute Gasteiger partial charge is 0.268 e. The van der Waals surface area contributed by atoms with Gasteiger partial charge in [-0.25, -0.2) is 4.39 Å². The molecule has 0 N–H and O–H groups in total. The van der Waals surface area contributed by atoms with E-state index in [2.05, 4.69) is 10.1 Å². The SMILES string of the molecule is Cc1cnn(Cc2cnc(C(C)C)c(F)c2)c1. The van der Waals surface area contributed by atoms with Crippen molar-refractivity contribution in [1.29, 1.82) is 0 Å². The maximum absolute atomic E-state index is 13.7. The van der Waals surface area contributed by atoms with Crippen molar-refractivity contribution < 1.29 is 4.39 Å². The Labute approximate surface area is 100 Å². The molecule has 2 heterocycles. The lowest BCUT2D eigenvalue weighted by atomic mass is 10.1. The van der Waals surface area contributed by atoms with Gasteiger partial charge in [0.05, 0.1) is 18.4 Å². The number of hydrogen-bond donors (Lipinski definition) is 0. The van der Waals surface area contributed by atoms with Crippen LogP contribution in [0.2, 0.25) is 0 Å². The fourth-order valence-electron chi connectivity index (χ4n) is 1.74. The van der Waals surface area contributed by atoms with E-state index in [1.54, 1.807) is 23.1 Å². The van der Waals surface area contributed by atoms with E-state index in [-0.39, 0.29) is 11.7 Å². The molecule has 2 rings (SSSR count). The lowest BCUT2D eigenvalue weighted by molar-refractivity contribution is 0.577. The molecule has 0 bridgehead atoms. The van der Waals surface area contributed by atoms with Crippen LogP contribution in [-0.4, -0.2) is 14.8 Å². The topological polar surface area (TPSA) is 30.7 Å². The molecule has 0 aromatic carbocycles. The van der Waals surface area contributed by atoms with Crippen LogP contribution in [0.5, 0.6) is 0 Å². The van der Waals surface area contributed by atoms with Gasteiger partial charge in [0.1, 0.15) is 5.82 Å². The van der Waals surface area contributed by atoms with Crippen molar-refractivity contribution in [2.24, 2.45) is 0 Å². The Hall–Kier alpha value is -1.71. The molecule has 0 fully saturated rings. The zero-order valence-electron chi connectivity index (χ0n) is 10.3. The van der Waals surface area contributed by atoms with Gasteiger partial charge in [0.25, 0.3) is 0 Å². The molecule has 0 amide bonds. The van der Waals surface area contributed by atoms with Gasteiger partial charge in [-0.3, -0.25) is 9.67 Å². The first-order valence-electron chi connectivity index (χ1n) is 5.69. The molecule has 0 saturated heterocycles. The summed E-state index contributed by atoms with van der Waals surface area (Å²) in [6, 6.07) is 1.54. The van der Waals surface area contributed by atoms with E-state index >= 15 is 0 Å². The van der Waals surface area contributed by atoms with Gasteiger partial charge < -0.3 is 0 Å². The van der Waals surface area contributed by atoms with Crippen molar-refractivity contribution in [2.45, 2.75) is 33.2 Å². The quantitative estimate of drug-likeness (QED) is 0.816. The minimum absolute atomic E-state index is 0.107. The van der Waals surface area contributed by atoms with E-state index in [0.717, 1.165) is 11.1 Å². The maximum atomic E-state index is 13.7. The molecule has 0 aliphatic carbocycles. The molecule has 2 aromatic heterocycles. The second kappa shape index (κ2) is 4.65. The van der Waals surface area contributed by atoms with Crippen LogP contribution in [-0.2, 0) is 6.54 Å². The van der Waals surface area contributed by atoms with Gasteiger partial charge in [-0.1, -0.05) is 13.8 Å². The predicted molar refractivity (Wildman–Crippen MR) is 64.4 cm³/mol. The first-order valence-corrected chi connectivity index (χ1v) is 5.69. The molecule has 0 aliphatic heterocycles. The Morgan fingerprint density at radius 3 is 2.65 bits per heavy atom. The standard InChI is InChI=1S/C13H16FN3/c1-9(2)13-12(14)4-11(6-15-13)8-17-7-10(3)5-16-17/h4-7,9H,8H2,1-3H3. The molecule has 4 heteroatoms. The average Bonchev–Trinajstić information content (AvgIpc) is 2.63. The van der Waals surface area contributed by atoms with Crippen molar-refractivity contribution in [3.63, 3.8) is 0 Å². The van der Waals surface area contributed by atoms with Crippen molar-refractivity contribution in [2.75, 3.05) is 0 Å². The summed E-state index contributed by atoms with van der Waals surface area (Å²) in [6.45, 7) is 6.39. The lowest BCUT2D eigenvalue weighted by Crippen LogP contribution is -2.04. The van der Waals surface area contributed by atoms with Gasteiger partial charge in [0.2, 0.25) is 0 Å². The highest BCUT2D eigenvalue weighted by molar-refractivity contribution is 5.18. The van der Waals surface area contributed by atoms with Gasteiger partial charge in [-0.05, 0) is 30.0 Å². The van der Waals surface area contributed by atoms with Gasteiger partial charge in [-0.2, -0.15) is 5.10 Å². The number of rotatable bonds is 3. The molecule has 0 aliphatic rings. The molecule has 90 valence electrons. The van der Waals surface area contributed by atoms with Gasteiger partial charge in [-0.15, -0.1) is 0 Å². The fraction of sp³-hybridized carbons (Fsp3) is 0.385. The van der Waals surface area contributed by atoms with Crippen LogP contribution in [0.1, 0.15) is 36.6 Å². The summed E-state index contributed by atoms with van der Waals surface area (Å²) >= 11 is 0. The van der Waals surface area contributed by atoms with E-state index in [1.807, 2.05) is 27.0 Å². The van der Waals surface area contributed by atoms with Crippen LogP contribution >= 0.6 is 0 Å². The summed E-state index contributed by atoms with van der Waals surface area (Å²) in [5.74, 6) is -0.127. The Balaban J connectivity index is 2.20. The van der Waals surface area contributed by atoms with Crippen molar-refractivity contribution in [3.05, 3.63) is 47.3 Å². The number of pyridine rings is 1. The summed E-state index contributed by atoms with van der Waals surface area (Å²) in [4.78, 5) is 4.16. The molecule has 2 aromatic rings. The smallest absolute Gasteiger partial charge is 0.145 e. The summed E-state index contributed by atoms with van der Waals surface area (Å²) < 4.78 is 15.5. The highest BCUT2D eigenvalue weighted by atomic mass is 19.1. The molecule has 0 atom stereocenters. The predicted octanol–water partition coefficient (Wildman–Crippen LogP) is 2.90. The van der Waals surface area contributed by atoms with Crippen LogP contribution in [0.4, 0.5) is 4.39 Å². The van der Waals surface area contributed by atoms with Gasteiger partial charge >= 0.3 is 0 Å². The normalized spacial score (nSPS) is 11.1. The number of hydrogen-bond acceptors (Lipinski definition) is 2. The third kappa shape index (κ3) is 2.70. The molecule has 0 radical (unpaired) electrons. The maximum Gasteiger partial charge on any atom is 0.145 e. The molecular weight excluding hydrogens is 217 g/mol. The monoisotopic (exact) mass is 233 g/mol. The molecule has 3 nitrogen and oxygen atoms in total. The summed E-state index contributed by atoms with van der Waals surface area (Å²) in [5, 5.41) is 4.16. The zero-order valence-corrected chi connectivity index (χ0v) is 10.3. The molecular formula is C13H16FN3. The minimum atomic E-state index is -0.235. The highest BCUT2D eigenvalue weighted by Crippen LogP contribution is 2.16. The molecule has 0 saturated carbocycles. The molecule has 0 spiro atoms. The lowest BCUT2D eigenvalue weighted by Gasteiger charge is -2.08. The average molecular weight is 233 g/mol. The Kier molecular flexibility index (Phi) is 3.22. The van der Waals surface area contributed by atoms with E-state index in [1.165, 1.54) is 0 Å². The highest BCUT2D eigenvalue weighted by Gasteiger charge is 2.09. The molecule has 0 unspecified atom stereocenters. The third-order valence-electron chi connectivity index (χ3n) is 2.58. The van der Waals surface area contributed by atoms with Crippen LogP contribution in [0.3, 0.4) is 0 Å². The second-order valence-corrected chi connectivity index (χ2v) is 4.58. The number of aryl methyl sites for hydroxylation is 1. The van der Waals surface area contributed by atoms with E-state index < -0.39 is 0 Å². The van der Waals surface area contributed by atoms with Crippen molar-refractivity contribution in [1.82, 2.24) is 14.8 Å². The first-order chi connectivity index (χ1) is 8.06. The number of halogens is 1. The Bertz CT molecular complexity index is 517. The number of aromatic nitrogens is 3. The Morgan fingerprint density at radius 2 is 2.12 bits per heavy atom.